The summed E-state index contributed by atoms with van der Waals surface area (Å²) in [5.74, 6) is 0. The van der Waals surface area contributed by atoms with Crippen molar-refractivity contribution in [2.75, 3.05) is 6.54 Å². The maximum absolute atomic E-state index is 6.42. The van der Waals surface area contributed by atoms with E-state index in [1.54, 1.807) is 0 Å². The molecule has 2 aromatic carbocycles. The maximum Gasteiger partial charge on any atom is 0.107 e. The average molecular weight is 284 g/mol. The van der Waals surface area contributed by atoms with Crippen LogP contribution in [-0.4, -0.2) is 12.6 Å². The third-order valence-corrected chi connectivity index (χ3v) is 3.38. The number of nitrogens with two attached hydrogens (primary N) is 1. The lowest BCUT2D eigenvalue weighted by Crippen LogP contribution is -3.00. The van der Waals surface area contributed by atoms with Crippen molar-refractivity contribution < 1.29 is 17.7 Å². The Balaban J connectivity index is 0.00000162. The van der Waals surface area contributed by atoms with Crippen LogP contribution < -0.4 is 17.7 Å². The Kier molecular flexibility index (Phi) is 5.94. The van der Waals surface area contributed by atoms with Crippen molar-refractivity contribution in [2.45, 2.75) is 25.3 Å². The van der Waals surface area contributed by atoms with Crippen molar-refractivity contribution >= 4 is 22.4 Å². The van der Waals surface area contributed by atoms with Gasteiger partial charge in [-0.15, -0.1) is 11.6 Å². The highest BCUT2D eigenvalue weighted by Crippen LogP contribution is 2.23. The van der Waals surface area contributed by atoms with Crippen LogP contribution in [0.5, 0.6) is 0 Å². The molecule has 0 aliphatic heterocycles. The van der Waals surface area contributed by atoms with Gasteiger partial charge in [0.15, 0.2) is 0 Å². The molecule has 0 saturated heterocycles. The first-order chi connectivity index (χ1) is 8.16. The van der Waals surface area contributed by atoms with Crippen molar-refractivity contribution in [3.05, 3.63) is 48.0 Å². The average Bonchev–Trinajstić information content (AvgIpc) is 2.35. The van der Waals surface area contributed by atoms with Gasteiger partial charge in [-0.1, -0.05) is 36.4 Å². The monoisotopic (exact) mass is 283 g/mol. The summed E-state index contributed by atoms with van der Waals surface area (Å²) < 4.78 is 0. The largest absolute Gasteiger partial charge is 1.00 e. The predicted molar refractivity (Wildman–Crippen MR) is 74.5 cm³/mol. The van der Waals surface area contributed by atoms with E-state index in [-0.39, 0.29) is 17.8 Å². The lowest BCUT2D eigenvalue weighted by molar-refractivity contribution is -0.682. The highest BCUT2D eigenvalue weighted by molar-refractivity contribution is 6.21. The molecule has 1 atom stereocenters. The lowest BCUT2D eigenvalue weighted by Gasteiger charge is -2.11. The highest BCUT2D eigenvalue weighted by Gasteiger charge is 2.11. The molecule has 0 saturated carbocycles. The van der Waals surface area contributed by atoms with E-state index in [0.29, 0.717) is 6.04 Å². The summed E-state index contributed by atoms with van der Waals surface area (Å²) in [7, 11) is 0. The molecule has 0 heterocycles. The number of alkyl halides is 1. The van der Waals surface area contributed by atoms with Crippen molar-refractivity contribution in [1.82, 2.24) is 0 Å². The number of fused-ring (bicyclic) bond motifs is 1. The van der Waals surface area contributed by atoms with Crippen molar-refractivity contribution in [3.8, 4) is 0 Å². The van der Waals surface area contributed by atoms with E-state index in [1.165, 1.54) is 16.3 Å². The fourth-order valence-corrected chi connectivity index (χ4v) is 2.17. The lowest BCUT2D eigenvalue weighted by atomic mass is 10.0. The zero-order valence-corrected chi connectivity index (χ0v) is 12.2. The molecule has 3 heteroatoms. The van der Waals surface area contributed by atoms with Gasteiger partial charge in [0.2, 0.25) is 0 Å². The first-order valence-corrected chi connectivity index (χ1v) is 6.56. The van der Waals surface area contributed by atoms with E-state index in [4.69, 9.17) is 11.6 Å². The number of benzene rings is 2. The Morgan fingerprint density at radius 3 is 2.39 bits per heavy atom. The van der Waals surface area contributed by atoms with Gasteiger partial charge in [-0.05, 0) is 36.2 Å². The van der Waals surface area contributed by atoms with Gasteiger partial charge in [0.1, 0.15) is 5.38 Å². The van der Waals surface area contributed by atoms with Crippen LogP contribution in [0.25, 0.3) is 10.8 Å². The van der Waals surface area contributed by atoms with Crippen LogP contribution in [0.4, 0.5) is 0 Å². The molecule has 0 aliphatic carbocycles. The zero-order valence-electron chi connectivity index (χ0n) is 10.7. The summed E-state index contributed by atoms with van der Waals surface area (Å²) in [5, 5.41) is 4.89. The van der Waals surface area contributed by atoms with Crippen LogP contribution in [0.3, 0.4) is 0 Å². The molecule has 2 aromatic rings. The van der Waals surface area contributed by atoms with Crippen LogP contribution in [0.2, 0.25) is 0 Å². The van der Waals surface area contributed by atoms with E-state index < -0.39 is 0 Å². The number of halogens is 2. The number of hydrogen-bond acceptors (Lipinski definition) is 0. The van der Waals surface area contributed by atoms with Gasteiger partial charge >= 0.3 is 0 Å². The van der Waals surface area contributed by atoms with Crippen molar-refractivity contribution in [2.24, 2.45) is 0 Å². The summed E-state index contributed by atoms with van der Waals surface area (Å²) in [4.78, 5) is 0. The number of rotatable bonds is 4. The first kappa shape index (κ1) is 15.3. The van der Waals surface area contributed by atoms with Crippen molar-refractivity contribution in [3.63, 3.8) is 0 Å². The topological polar surface area (TPSA) is 16.6 Å². The van der Waals surface area contributed by atoms with Crippen LogP contribution in [0.15, 0.2) is 42.5 Å². The van der Waals surface area contributed by atoms with Crippen LogP contribution >= 0.6 is 11.6 Å². The van der Waals surface area contributed by atoms with Crippen LogP contribution in [-0.2, 0) is 0 Å². The summed E-state index contributed by atoms with van der Waals surface area (Å²) in [6, 6.07) is 15.5. The molecule has 1 unspecified atom stereocenters. The molecule has 2 N–H and O–H groups in total. The third kappa shape index (κ3) is 3.88. The quantitative estimate of drug-likeness (QED) is 0.767. The molecule has 0 amide bonds. The van der Waals surface area contributed by atoms with Gasteiger partial charge in [-0.2, -0.15) is 0 Å². The second-order valence-electron chi connectivity index (χ2n) is 4.79. The fraction of sp³-hybridized carbons (Fsp3) is 0.333. The Labute approximate surface area is 120 Å². The summed E-state index contributed by atoms with van der Waals surface area (Å²) >= 11 is 6.42. The molecule has 0 aliphatic rings. The first-order valence-electron chi connectivity index (χ1n) is 6.13. The summed E-state index contributed by atoms with van der Waals surface area (Å²) in [6.07, 6.45) is 0. The Morgan fingerprint density at radius 1 is 1.06 bits per heavy atom. The molecule has 0 fully saturated rings. The fourth-order valence-electron chi connectivity index (χ4n) is 1.93. The molecule has 98 valence electrons. The molecule has 0 spiro atoms. The van der Waals surface area contributed by atoms with Gasteiger partial charge in [0, 0.05) is 0 Å². The molecule has 2 rings (SSSR count). The third-order valence-electron chi connectivity index (χ3n) is 2.95. The van der Waals surface area contributed by atoms with Gasteiger partial charge < -0.3 is 17.7 Å². The molecule has 18 heavy (non-hydrogen) atoms. The smallest absolute Gasteiger partial charge is 0.107 e. The standard InChI is InChI=1S/C15H18ClN.ClH/c1-11(2)17-10-15(16)14-8-7-12-5-3-4-6-13(12)9-14;/h3-9,11,15,17H,10H2,1-2H3;1H. The number of quaternary nitrogens is 1. The molecular weight excluding hydrogens is 265 g/mol. The van der Waals surface area contributed by atoms with Gasteiger partial charge in [-0.3, -0.25) is 0 Å². The second kappa shape index (κ2) is 6.98. The molecular formula is C15H19Cl2N. The van der Waals surface area contributed by atoms with Crippen LogP contribution in [0.1, 0.15) is 24.8 Å². The minimum Gasteiger partial charge on any atom is -1.00 e. The number of hydrogen-bond donors (Lipinski definition) is 1. The van der Waals surface area contributed by atoms with Crippen LogP contribution in [0, 0.1) is 0 Å². The minimum atomic E-state index is 0. The van der Waals surface area contributed by atoms with Gasteiger partial charge in [0.25, 0.3) is 0 Å². The normalized spacial score (nSPS) is 12.4. The highest BCUT2D eigenvalue weighted by atomic mass is 35.5. The Bertz CT molecular complexity index is 497. The maximum atomic E-state index is 6.42. The van der Waals surface area contributed by atoms with E-state index in [9.17, 15) is 0 Å². The molecule has 0 aromatic heterocycles. The van der Waals surface area contributed by atoms with E-state index in [0.717, 1.165) is 6.54 Å². The molecule has 0 radical (unpaired) electrons. The SMILES string of the molecule is CC(C)[NH2+]CC(Cl)c1ccc2ccccc2c1.[Cl-]. The molecule has 0 bridgehead atoms. The van der Waals surface area contributed by atoms with Gasteiger partial charge in [-0.25, -0.2) is 0 Å². The summed E-state index contributed by atoms with van der Waals surface area (Å²) in [5.41, 5.74) is 1.21. The predicted octanol–water partition coefficient (Wildman–Crippen LogP) is 0.0955. The van der Waals surface area contributed by atoms with E-state index in [2.05, 4.69) is 61.6 Å². The van der Waals surface area contributed by atoms with E-state index in [1.807, 2.05) is 0 Å². The zero-order chi connectivity index (χ0) is 12.3. The van der Waals surface area contributed by atoms with Gasteiger partial charge in [0.05, 0.1) is 12.6 Å². The minimum absolute atomic E-state index is 0. The Morgan fingerprint density at radius 2 is 1.72 bits per heavy atom. The Hall–Kier alpha value is -0.760. The summed E-state index contributed by atoms with van der Waals surface area (Å²) in [6.45, 7) is 5.30. The van der Waals surface area contributed by atoms with E-state index >= 15 is 0 Å². The molecule has 1 nitrogen and oxygen atoms in total. The van der Waals surface area contributed by atoms with Crippen molar-refractivity contribution in [1.29, 1.82) is 0 Å². The second-order valence-corrected chi connectivity index (χ2v) is 5.32.